The molecule has 0 unspecified atom stereocenters. The third-order valence-corrected chi connectivity index (χ3v) is 2.93. The number of aryl methyl sites for hydroxylation is 1. The molecule has 0 spiro atoms. The second-order valence-electron chi connectivity index (χ2n) is 4.40. The number of hydrogen-bond donors (Lipinski definition) is 1. The fourth-order valence-corrected chi connectivity index (χ4v) is 1.95. The van der Waals surface area contributed by atoms with Gasteiger partial charge in [0, 0.05) is 18.7 Å². The Labute approximate surface area is 106 Å². The molecule has 1 heterocycles. The average Bonchev–Trinajstić information content (AvgIpc) is 2.60. The molecule has 4 nitrogen and oxygen atoms in total. The molecule has 0 aliphatic carbocycles. The molecule has 1 aliphatic rings. The van der Waals surface area contributed by atoms with Crippen LogP contribution in [0.15, 0.2) is 29.8 Å². The van der Waals surface area contributed by atoms with Crippen LogP contribution in [0.5, 0.6) is 0 Å². The van der Waals surface area contributed by atoms with Gasteiger partial charge in [0.25, 0.3) is 5.91 Å². The van der Waals surface area contributed by atoms with Crippen molar-refractivity contribution in [2.24, 2.45) is 5.73 Å². The van der Waals surface area contributed by atoms with Gasteiger partial charge in [0.05, 0.1) is 6.42 Å². The number of rotatable bonds is 3. The molecule has 0 bridgehead atoms. The Hall–Kier alpha value is -1.94. The summed E-state index contributed by atoms with van der Waals surface area (Å²) in [6, 6.07) is 7.83. The van der Waals surface area contributed by atoms with E-state index in [1.165, 1.54) is 4.90 Å². The molecule has 2 rings (SSSR count). The molecule has 18 heavy (non-hydrogen) atoms. The fraction of sp³-hybridized carbons (Fsp3) is 0.286. The van der Waals surface area contributed by atoms with Crippen molar-refractivity contribution in [2.45, 2.75) is 13.3 Å². The van der Waals surface area contributed by atoms with Gasteiger partial charge in [-0.2, -0.15) is 0 Å². The first-order valence-electron chi connectivity index (χ1n) is 5.94. The van der Waals surface area contributed by atoms with Crippen LogP contribution in [-0.2, 0) is 9.59 Å². The van der Waals surface area contributed by atoms with Crippen molar-refractivity contribution in [1.29, 1.82) is 0 Å². The van der Waals surface area contributed by atoms with Crippen molar-refractivity contribution >= 4 is 17.9 Å². The van der Waals surface area contributed by atoms with Crippen LogP contribution >= 0.6 is 0 Å². The second-order valence-corrected chi connectivity index (χ2v) is 4.40. The van der Waals surface area contributed by atoms with Crippen molar-refractivity contribution in [3.8, 4) is 0 Å². The van der Waals surface area contributed by atoms with Gasteiger partial charge in [0.2, 0.25) is 5.91 Å². The Morgan fingerprint density at radius 2 is 1.94 bits per heavy atom. The summed E-state index contributed by atoms with van der Waals surface area (Å²) in [4.78, 5) is 24.8. The van der Waals surface area contributed by atoms with Crippen molar-refractivity contribution in [3.05, 3.63) is 41.0 Å². The van der Waals surface area contributed by atoms with Crippen molar-refractivity contribution in [2.75, 3.05) is 13.1 Å². The molecule has 1 aromatic carbocycles. The number of benzene rings is 1. The van der Waals surface area contributed by atoms with Gasteiger partial charge >= 0.3 is 0 Å². The van der Waals surface area contributed by atoms with Crippen LogP contribution in [-0.4, -0.2) is 29.8 Å². The second kappa shape index (κ2) is 5.14. The summed E-state index contributed by atoms with van der Waals surface area (Å²) < 4.78 is 0. The number of hydrogen-bond acceptors (Lipinski definition) is 3. The standard InChI is InChI=1S/C14H16N2O2/c1-10-2-4-11(5-3-10)8-12-9-13(17)16(7-6-15)14(12)18/h2-5,8H,6-7,9,15H2,1H3/b12-8+. The maximum atomic E-state index is 12.0. The molecule has 94 valence electrons. The van der Waals surface area contributed by atoms with Crippen LogP contribution in [0.2, 0.25) is 0 Å². The van der Waals surface area contributed by atoms with Gasteiger partial charge in [-0.1, -0.05) is 29.8 Å². The molecular formula is C14H16N2O2. The summed E-state index contributed by atoms with van der Waals surface area (Å²) in [5, 5.41) is 0. The molecule has 2 N–H and O–H groups in total. The third-order valence-electron chi connectivity index (χ3n) is 2.93. The number of carbonyl (C=O) groups is 2. The van der Waals surface area contributed by atoms with Crippen molar-refractivity contribution < 1.29 is 9.59 Å². The predicted octanol–water partition coefficient (Wildman–Crippen LogP) is 1.10. The van der Waals surface area contributed by atoms with E-state index in [2.05, 4.69) is 0 Å². The molecule has 0 radical (unpaired) electrons. The van der Waals surface area contributed by atoms with Crippen LogP contribution in [0.4, 0.5) is 0 Å². The Balaban J connectivity index is 2.22. The smallest absolute Gasteiger partial charge is 0.256 e. The Morgan fingerprint density at radius 3 is 2.56 bits per heavy atom. The zero-order valence-electron chi connectivity index (χ0n) is 10.3. The first kappa shape index (κ1) is 12.5. The zero-order valence-corrected chi connectivity index (χ0v) is 10.3. The van der Waals surface area contributed by atoms with Crippen LogP contribution in [0.25, 0.3) is 6.08 Å². The van der Waals surface area contributed by atoms with Crippen LogP contribution in [0, 0.1) is 6.92 Å². The lowest BCUT2D eigenvalue weighted by molar-refractivity contribution is -0.137. The highest BCUT2D eigenvalue weighted by Gasteiger charge is 2.32. The van der Waals surface area contributed by atoms with E-state index in [0.717, 1.165) is 11.1 Å². The minimum absolute atomic E-state index is 0.163. The zero-order chi connectivity index (χ0) is 13.1. The molecule has 1 aliphatic heterocycles. The van der Waals surface area contributed by atoms with Crippen molar-refractivity contribution in [1.82, 2.24) is 4.90 Å². The van der Waals surface area contributed by atoms with Gasteiger partial charge in [0.1, 0.15) is 0 Å². The Kier molecular flexibility index (Phi) is 3.58. The largest absolute Gasteiger partial charge is 0.329 e. The lowest BCUT2D eigenvalue weighted by Crippen LogP contribution is -2.34. The van der Waals surface area contributed by atoms with E-state index >= 15 is 0 Å². The van der Waals surface area contributed by atoms with E-state index in [1.54, 1.807) is 6.08 Å². The third kappa shape index (κ3) is 2.49. The van der Waals surface area contributed by atoms with E-state index in [9.17, 15) is 9.59 Å². The van der Waals surface area contributed by atoms with Gasteiger partial charge < -0.3 is 5.73 Å². The predicted molar refractivity (Wildman–Crippen MR) is 69.5 cm³/mol. The van der Waals surface area contributed by atoms with Crippen LogP contribution < -0.4 is 5.73 Å². The van der Waals surface area contributed by atoms with Gasteiger partial charge in [0.15, 0.2) is 0 Å². The highest BCUT2D eigenvalue weighted by Crippen LogP contribution is 2.21. The van der Waals surface area contributed by atoms with E-state index < -0.39 is 0 Å². The fourth-order valence-electron chi connectivity index (χ4n) is 1.95. The number of nitrogens with zero attached hydrogens (tertiary/aromatic N) is 1. The number of likely N-dealkylation sites (tertiary alicyclic amines) is 1. The lowest BCUT2D eigenvalue weighted by atomic mass is 10.1. The summed E-state index contributed by atoms with van der Waals surface area (Å²) in [5.74, 6) is -0.380. The van der Waals surface area contributed by atoms with Gasteiger partial charge in [-0.15, -0.1) is 0 Å². The minimum atomic E-state index is -0.217. The lowest BCUT2D eigenvalue weighted by Gasteiger charge is -2.10. The molecule has 0 atom stereocenters. The highest BCUT2D eigenvalue weighted by atomic mass is 16.2. The number of amides is 2. The number of nitrogens with two attached hydrogens (primary N) is 1. The van der Waals surface area contributed by atoms with E-state index in [0.29, 0.717) is 18.7 Å². The Morgan fingerprint density at radius 1 is 1.28 bits per heavy atom. The molecule has 0 aromatic heterocycles. The number of carbonyl (C=O) groups excluding carboxylic acids is 2. The van der Waals surface area contributed by atoms with Gasteiger partial charge in [-0.05, 0) is 18.6 Å². The first-order chi connectivity index (χ1) is 8.61. The maximum Gasteiger partial charge on any atom is 0.256 e. The van der Waals surface area contributed by atoms with Crippen molar-refractivity contribution in [3.63, 3.8) is 0 Å². The van der Waals surface area contributed by atoms with E-state index in [4.69, 9.17) is 5.73 Å². The monoisotopic (exact) mass is 244 g/mol. The summed E-state index contributed by atoms with van der Waals surface area (Å²) in [6.45, 7) is 2.60. The molecule has 1 fully saturated rings. The molecular weight excluding hydrogens is 228 g/mol. The van der Waals surface area contributed by atoms with E-state index in [1.807, 2.05) is 31.2 Å². The summed E-state index contributed by atoms with van der Waals surface area (Å²) in [7, 11) is 0. The minimum Gasteiger partial charge on any atom is -0.329 e. The van der Waals surface area contributed by atoms with E-state index in [-0.39, 0.29) is 18.2 Å². The normalized spacial score (nSPS) is 17.9. The van der Waals surface area contributed by atoms with Crippen LogP contribution in [0.1, 0.15) is 17.5 Å². The van der Waals surface area contributed by atoms with Crippen LogP contribution in [0.3, 0.4) is 0 Å². The SMILES string of the molecule is Cc1ccc(/C=C2\CC(=O)N(CCN)C2=O)cc1. The topological polar surface area (TPSA) is 63.4 Å². The average molecular weight is 244 g/mol. The summed E-state index contributed by atoms with van der Waals surface area (Å²) >= 11 is 0. The molecule has 0 saturated carbocycles. The summed E-state index contributed by atoms with van der Waals surface area (Å²) in [6.07, 6.45) is 1.95. The number of imide groups is 1. The maximum absolute atomic E-state index is 12.0. The molecule has 1 saturated heterocycles. The molecule has 1 aromatic rings. The first-order valence-corrected chi connectivity index (χ1v) is 5.94. The highest BCUT2D eigenvalue weighted by molar-refractivity contribution is 6.15. The molecule has 4 heteroatoms. The van der Waals surface area contributed by atoms with Gasteiger partial charge in [-0.3, -0.25) is 14.5 Å². The molecule has 2 amide bonds. The Bertz CT molecular complexity index is 503. The van der Waals surface area contributed by atoms with Gasteiger partial charge in [-0.25, -0.2) is 0 Å². The summed E-state index contributed by atoms with van der Waals surface area (Å²) in [5.41, 5.74) is 8.02. The quantitative estimate of drug-likeness (QED) is 0.639.